The smallest absolute Gasteiger partial charge is 0.368 e. The molecule has 7 heteroatoms. The van der Waals surface area contributed by atoms with Crippen LogP contribution in [0.15, 0.2) is 6.07 Å². The van der Waals surface area contributed by atoms with E-state index in [0.29, 0.717) is 6.54 Å². The minimum Gasteiger partial charge on any atom is -0.368 e. The second kappa shape index (κ2) is 5.41. The van der Waals surface area contributed by atoms with Crippen LogP contribution >= 0.6 is 0 Å². The molecule has 4 nitrogen and oxygen atoms in total. The first-order chi connectivity index (χ1) is 8.25. The molecule has 0 fully saturated rings. The lowest BCUT2D eigenvalue weighted by molar-refractivity contribution is -0.141. The average Bonchev–Trinajstić information content (AvgIpc) is 2.23. The maximum absolute atomic E-state index is 12.6. The van der Waals surface area contributed by atoms with Crippen LogP contribution in [-0.2, 0) is 6.18 Å². The molecule has 2 N–H and O–H groups in total. The van der Waals surface area contributed by atoms with Gasteiger partial charge in [-0.15, -0.1) is 0 Å². The van der Waals surface area contributed by atoms with Crippen LogP contribution in [0.4, 0.5) is 24.9 Å². The molecule has 0 aromatic carbocycles. The molecule has 1 aromatic heterocycles. The quantitative estimate of drug-likeness (QED) is 0.906. The van der Waals surface area contributed by atoms with Crippen molar-refractivity contribution in [3.05, 3.63) is 11.8 Å². The van der Waals surface area contributed by atoms with E-state index in [9.17, 15) is 13.2 Å². The van der Waals surface area contributed by atoms with Gasteiger partial charge in [-0.2, -0.15) is 18.2 Å². The molecule has 102 valence electrons. The summed E-state index contributed by atoms with van der Waals surface area (Å²) in [5.41, 5.74) is 4.33. The third-order valence-corrected chi connectivity index (χ3v) is 2.40. The number of hydrogen-bond donors (Lipinski definition) is 1. The molecule has 0 aliphatic carbocycles. The number of nitrogen functional groups attached to an aromatic ring is 1. The number of alkyl halides is 3. The van der Waals surface area contributed by atoms with Crippen LogP contribution < -0.4 is 10.6 Å². The molecule has 0 aliphatic rings. The van der Waals surface area contributed by atoms with Crippen molar-refractivity contribution >= 4 is 11.8 Å². The Morgan fingerprint density at radius 1 is 1.33 bits per heavy atom. The summed E-state index contributed by atoms with van der Waals surface area (Å²) in [4.78, 5) is 8.87. The number of halogens is 3. The van der Waals surface area contributed by atoms with E-state index in [4.69, 9.17) is 5.73 Å². The van der Waals surface area contributed by atoms with Crippen molar-refractivity contribution in [2.24, 2.45) is 0 Å². The van der Waals surface area contributed by atoms with E-state index in [1.165, 1.54) is 0 Å². The van der Waals surface area contributed by atoms with Crippen LogP contribution in [0.3, 0.4) is 0 Å². The highest BCUT2D eigenvalue weighted by molar-refractivity contribution is 5.44. The molecule has 0 bridgehead atoms. The van der Waals surface area contributed by atoms with Crippen molar-refractivity contribution in [1.29, 1.82) is 0 Å². The third-order valence-electron chi connectivity index (χ3n) is 2.40. The predicted molar refractivity (Wildman–Crippen MR) is 64.2 cm³/mol. The summed E-state index contributed by atoms with van der Waals surface area (Å²) in [6.45, 7) is 6.35. The summed E-state index contributed by atoms with van der Waals surface area (Å²) in [6.07, 6.45) is -3.70. The number of aromatic nitrogens is 2. The van der Waals surface area contributed by atoms with Gasteiger partial charge in [0.25, 0.3) is 0 Å². The van der Waals surface area contributed by atoms with Gasteiger partial charge in [0.15, 0.2) is 5.69 Å². The largest absolute Gasteiger partial charge is 0.433 e. The lowest BCUT2D eigenvalue weighted by Gasteiger charge is -2.27. The van der Waals surface area contributed by atoms with Gasteiger partial charge in [0.2, 0.25) is 5.95 Å². The normalized spacial score (nSPS) is 11.9. The van der Waals surface area contributed by atoms with Gasteiger partial charge in [0.1, 0.15) is 5.82 Å². The molecule has 18 heavy (non-hydrogen) atoms. The van der Waals surface area contributed by atoms with E-state index in [-0.39, 0.29) is 17.8 Å². The summed E-state index contributed by atoms with van der Waals surface area (Å²) < 4.78 is 37.9. The summed E-state index contributed by atoms with van der Waals surface area (Å²) in [5, 5.41) is 0. The minimum absolute atomic E-state index is 0.0420. The average molecular weight is 262 g/mol. The Kier molecular flexibility index (Phi) is 4.37. The van der Waals surface area contributed by atoms with Crippen LogP contribution in [0, 0.1) is 0 Å². The van der Waals surface area contributed by atoms with Crippen molar-refractivity contribution < 1.29 is 13.2 Å². The van der Waals surface area contributed by atoms with E-state index in [1.54, 1.807) is 4.90 Å². The topological polar surface area (TPSA) is 55.0 Å². The molecule has 0 spiro atoms. The number of hydrogen-bond acceptors (Lipinski definition) is 4. The molecule has 0 saturated heterocycles. The van der Waals surface area contributed by atoms with E-state index >= 15 is 0 Å². The Morgan fingerprint density at radius 3 is 2.39 bits per heavy atom. The van der Waals surface area contributed by atoms with Crippen molar-refractivity contribution in [2.75, 3.05) is 17.2 Å². The Bertz CT molecular complexity index is 404. The fourth-order valence-corrected chi connectivity index (χ4v) is 1.62. The van der Waals surface area contributed by atoms with Gasteiger partial charge < -0.3 is 10.6 Å². The second-order valence-electron chi connectivity index (χ2n) is 4.25. The maximum Gasteiger partial charge on any atom is 0.433 e. The molecular weight excluding hydrogens is 245 g/mol. The summed E-state index contributed by atoms with van der Waals surface area (Å²) in [6, 6.07) is 0.979. The van der Waals surface area contributed by atoms with Gasteiger partial charge in [-0.3, -0.25) is 0 Å². The molecule has 0 atom stereocenters. The SMILES string of the molecule is CCCN(c1cc(C(F)(F)F)nc(N)n1)C(C)C. The number of anilines is 2. The fourth-order valence-electron chi connectivity index (χ4n) is 1.62. The van der Waals surface area contributed by atoms with E-state index in [2.05, 4.69) is 9.97 Å². The van der Waals surface area contributed by atoms with Gasteiger partial charge in [0.05, 0.1) is 0 Å². The number of nitrogens with zero attached hydrogens (tertiary/aromatic N) is 3. The summed E-state index contributed by atoms with van der Waals surface area (Å²) in [7, 11) is 0. The van der Waals surface area contributed by atoms with Crippen molar-refractivity contribution in [2.45, 2.75) is 39.4 Å². The molecule has 0 amide bonds. The lowest BCUT2D eigenvalue weighted by atomic mass is 10.2. The first kappa shape index (κ1) is 14.5. The van der Waals surface area contributed by atoms with Gasteiger partial charge >= 0.3 is 6.18 Å². The second-order valence-corrected chi connectivity index (χ2v) is 4.25. The molecule has 1 rings (SSSR count). The van der Waals surface area contributed by atoms with Crippen LogP contribution in [0.1, 0.15) is 32.9 Å². The molecular formula is C11H17F3N4. The molecule has 1 heterocycles. The van der Waals surface area contributed by atoms with Gasteiger partial charge in [-0.1, -0.05) is 6.92 Å². The first-order valence-corrected chi connectivity index (χ1v) is 5.74. The highest BCUT2D eigenvalue weighted by atomic mass is 19.4. The van der Waals surface area contributed by atoms with Crippen LogP contribution in [0.25, 0.3) is 0 Å². The van der Waals surface area contributed by atoms with Gasteiger partial charge in [-0.05, 0) is 20.3 Å². The van der Waals surface area contributed by atoms with Crippen molar-refractivity contribution in [3.8, 4) is 0 Å². The Balaban J connectivity index is 3.19. The predicted octanol–water partition coefficient (Wildman–Crippen LogP) is 2.70. The number of rotatable bonds is 4. The highest BCUT2D eigenvalue weighted by Crippen LogP contribution is 2.30. The molecule has 0 radical (unpaired) electrons. The maximum atomic E-state index is 12.6. The van der Waals surface area contributed by atoms with Crippen LogP contribution in [0.2, 0.25) is 0 Å². The van der Waals surface area contributed by atoms with E-state index in [1.807, 2.05) is 20.8 Å². The lowest BCUT2D eigenvalue weighted by Crippen LogP contribution is -2.33. The van der Waals surface area contributed by atoms with Crippen LogP contribution in [-0.4, -0.2) is 22.6 Å². The van der Waals surface area contributed by atoms with E-state index in [0.717, 1.165) is 12.5 Å². The number of nitrogens with two attached hydrogens (primary N) is 1. The molecule has 0 unspecified atom stereocenters. The van der Waals surface area contributed by atoms with E-state index < -0.39 is 11.9 Å². The van der Waals surface area contributed by atoms with Gasteiger partial charge in [0, 0.05) is 18.7 Å². The standard InChI is InChI=1S/C11H17F3N4/c1-4-5-18(7(2)3)9-6-8(11(12,13)14)16-10(15)17-9/h6-7H,4-5H2,1-3H3,(H2,15,16,17). The molecule has 1 aromatic rings. The Hall–Kier alpha value is -1.53. The third kappa shape index (κ3) is 3.48. The minimum atomic E-state index is -4.51. The van der Waals surface area contributed by atoms with Gasteiger partial charge in [-0.25, -0.2) is 4.98 Å². The zero-order valence-corrected chi connectivity index (χ0v) is 10.6. The van der Waals surface area contributed by atoms with Crippen LogP contribution in [0.5, 0.6) is 0 Å². The zero-order valence-electron chi connectivity index (χ0n) is 10.6. The van der Waals surface area contributed by atoms with Crippen molar-refractivity contribution in [3.63, 3.8) is 0 Å². The Morgan fingerprint density at radius 2 is 1.94 bits per heavy atom. The monoisotopic (exact) mass is 262 g/mol. The Labute approximate surface area is 104 Å². The highest BCUT2D eigenvalue weighted by Gasteiger charge is 2.34. The zero-order chi connectivity index (χ0) is 13.9. The van der Waals surface area contributed by atoms with Crippen molar-refractivity contribution in [1.82, 2.24) is 9.97 Å². The summed E-state index contributed by atoms with van der Waals surface area (Å²) in [5.74, 6) is -0.145. The summed E-state index contributed by atoms with van der Waals surface area (Å²) >= 11 is 0. The molecule has 0 saturated carbocycles. The molecule has 0 aliphatic heterocycles. The first-order valence-electron chi connectivity index (χ1n) is 5.74. The fraction of sp³-hybridized carbons (Fsp3) is 0.636.